The first-order chi connectivity index (χ1) is 15.3. The Morgan fingerprint density at radius 3 is 2.28 bits per heavy atom. The fourth-order valence-corrected chi connectivity index (χ4v) is 3.30. The monoisotopic (exact) mass is 442 g/mol. The largest absolute Gasteiger partial charge is 0.508 e. The van der Waals surface area contributed by atoms with Crippen LogP contribution in [0.1, 0.15) is 56.8 Å². The van der Waals surface area contributed by atoms with Crippen molar-refractivity contribution in [2.45, 2.75) is 58.7 Å². The minimum atomic E-state index is -1.37. The van der Waals surface area contributed by atoms with Crippen LogP contribution in [0.15, 0.2) is 67.8 Å². The van der Waals surface area contributed by atoms with Gasteiger partial charge in [0, 0.05) is 12.0 Å². The molecule has 0 saturated heterocycles. The molecule has 0 bridgehead atoms. The molecule has 0 aliphatic rings. The fourth-order valence-electron chi connectivity index (χ4n) is 3.30. The molecule has 6 nitrogen and oxygen atoms in total. The van der Waals surface area contributed by atoms with Crippen molar-refractivity contribution in [3.63, 3.8) is 0 Å². The maximum atomic E-state index is 13.5. The van der Waals surface area contributed by atoms with Gasteiger partial charge in [0.25, 0.3) is 0 Å². The van der Waals surface area contributed by atoms with Gasteiger partial charge >= 0.3 is 12.1 Å². The molecule has 0 saturated carbocycles. The number of rotatable bonds is 14. The predicted molar refractivity (Wildman–Crippen MR) is 124 cm³/mol. The molecule has 0 heterocycles. The number of ether oxygens (including phenoxy) is 3. The number of benzene rings is 1. The van der Waals surface area contributed by atoms with Crippen LogP contribution in [0.25, 0.3) is 0 Å². The average molecular weight is 443 g/mol. The highest BCUT2D eigenvalue weighted by Crippen LogP contribution is 2.36. The summed E-state index contributed by atoms with van der Waals surface area (Å²) in [5.41, 5.74) is -0.920. The summed E-state index contributed by atoms with van der Waals surface area (Å²) in [6.45, 7) is 12.5. The van der Waals surface area contributed by atoms with Gasteiger partial charge in [0.15, 0.2) is 5.78 Å². The van der Waals surface area contributed by atoms with Gasteiger partial charge in [-0.3, -0.25) is 9.59 Å². The van der Waals surface area contributed by atoms with Gasteiger partial charge in [0.1, 0.15) is 24.2 Å². The fraction of sp³-hybridized carbons (Fsp3) is 0.423. The lowest BCUT2D eigenvalue weighted by atomic mass is 9.73. The van der Waals surface area contributed by atoms with Gasteiger partial charge < -0.3 is 14.2 Å². The lowest BCUT2D eigenvalue weighted by molar-refractivity contribution is -0.159. The number of allylic oxidation sites excluding steroid dienone is 3. The van der Waals surface area contributed by atoms with Crippen LogP contribution >= 0.6 is 0 Å². The normalized spacial score (nSPS) is 14.6. The summed E-state index contributed by atoms with van der Waals surface area (Å²) in [5, 5.41) is 0. The van der Waals surface area contributed by atoms with Gasteiger partial charge in [-0.15, -0.1) is 6.58 Å². The molecule has 3 atom stereocenters. The Bertz CT molecular complexity index is 798. The van der Waals surface area contributed by atoms with Gasteiger partial charge in [-0.25, -0.2) is 4.79 Å². The van der Waals surface area contributed by atoms with Crippen LogP contribution in [0, 0.1) is 5.41 Å². The van der Waals surface area contributed by atoms with E-state index in [4.69, 9.17) is 14.2 Å². The summed E-state index contributed by atoms with van der Waals surface area (Å²) in [5.74, 6) is -0.882. The summed E-state index contributed by atoms with van der Waals surface area (Å²) in [6, 6.07) is 8.74. The Hall–Kier alpha value is -3.15. The summed E-state index contributed by atoms with van der Waals surface area (Å²) >= 11 is 0. The molecule has 1 rings (SSSR count). The molecule has 0 spiro atoms. The summed E-state index contributed by atoms with van der Waals surface area (Å²) in [4.78, 5) is 38.5. The topological polar surface area (TPSA) is 78.9 Å². The van der Waals surface area contributed by atoms with Crippen molar-refractivity contribution in [1.29, 1.82) is 0 Å². The van der Waals surface area contributed by atoms with E-state index in [-0.39, 0.29) is 31.7 Å². The van der Waals surface area contributed by atoms with Crippen LogP contribution in [0.3, 0.4) is 0 Å². The van der Waals surface area contributed by atoms with Crippen molar-refractivity contribution in [2.75, 3.05) is 6.61 Å². The van der Waals surface area contributed by atoms with Gasteiger partial charge in [0.05, 0.1) is 0 Å². The first kappa shape index (κ1) is 26.9. The molecule has 0 aliphatic carbocycles. The smallest absolute Gasteiger partial charge is 0.462 e. The van der Waals surface area contributed by atoms with E-state index in [0.29, 0.717) is 12.0 Å². The van der Waals surface area contributed by atoms with Crippen LogP contribution in [0.2, 0.25) is 0 Å². The zero-order valence-electron chi connectivity index (χ0n) is 19.3. The Kier molecular flexibility index (Phi) is 11.8. The Morgan fingerprint density at radius 2 is 1.69 bits per heavy atom. The SMILES string of the molecule is C=CCCC(C/C=C/C)(C(=O)O[C@H](C)C[C@@H](C)OC(=O)OCC=C)C(=O)c1ccccc1. The highest BCUT2D eigenvalue weighted by Gasteiger charge is 2.46. The van der Waals surface area contributed by atoms with Crippen molar-refractivity contribution >= 4 is 17.9 Å². The second-order valence-electron chi connectivity index (χ2n) is 7.61. The second kappa shape index (κ2) is 14.0. The third kappa shape index (κ3) is 8.17. The van der Waals surface area contributed by atoms with E-state index in [2.05, 4.69) is 13.2 Å². The molecule has 0 amide bonds. The average Bonchev–Trinajstić information content (AvgIpc) is 2.77. The Labute approximate surface area is 190 Å². The van der Waals surface area contributed by atoms with Gasteiger partial charge in [0.2, 0.25) is 0 Å². The number of carbonyl (C=O) groups excluding carboxylic acids is 3. The summed E-state index contributed by atoms with van der Waals surface area (Å²) < 4.78 is 15.7. The third-order valence-electron chi connectivity index (χ3n) is 4.93. The second-order valence-corrected chi connectivity index (χ2v) is 7.61. The molecule has 0 aromatic heterocycles. The first-order valence-corrected chi connectivity index (χ1v) is 10.8. The molecule has 1 aromatic rings. The lowest BCUT2D eigenvalue weighted by Crippen LogP contribution is -2.42. The van der Waals surface area contributed by atoms with Crippen LogP contribution < -0.4 is 0 Å². The van der Waals surface area contributed by atoms with Crippen molar-refractivity contribution in [1.82, 2.24) is 0 Å². The van der Waals surface area contributed by atoms with Crippen molar-refractivity contribution in [3.05, 3.63) is 73.4 Å². The van der Waals surface area contributed by atoms with E-state index in [1.807, 2.05) is 19.1 Å². The number of carbonyl (C=O) groups is 3. The van der Waals surface area contributed by atoms with Crippen molar-refractivity contribution < 1.29 is 28.6 Å². The van der Waals surface area contributed by atoms with E-state index < -0.39 is 29.7 Å². The highest BCUT2D eigenvalue weighted by atomic mass is 16.7. The van der Waals surface area contributed by atoms with Crippen molar-refractivity contribution in [2.24, 2.45) is 5.41 Å². The lowest BCUT2D eigenvalue weighted by Gasteiger charge is -2.31. The van der Waals surface area contributed by atoms with Gasteiger partial charge in [-0.05, 0) is 40.0 Å². The minimum Gasteiger partial charge on any atom is -0.462 e. The minimum absolute atomic E-state index is 0.0501. The third-order valence-corrected chi connectivity index (χ3v) is 4.93. The highest BCUT2D eigenvalue weighted by molar-refractivity contribution is 6.12. The van der Waals surface area contributed by atoms with E-state index in [9.17, 15) is 14.4 Å². The van der Waals surface area contributed by atoms with E-state index in [0.717, 1.165) is 0 Å². The van der Waals surface area contributed by atoms with E-state index >= 15 is 0 Å². The Morgan fingerprint density at radius 1 is 1.03 bits per heavy atom. The maximum absolute atomic E-state index is 13.5. The molecule has 0 N–H and O–H groups in total. The summed E-state index contributed by atoms with van der Waals surface area (Å²) in [6.07, 6.45) is 6.03. The molecule has 1 unspecified atom stereocenters. The molecule has 0 fully saturated rings. The molecule has 6 heteroatoms. The molecular weight excluding hydrogens is 408 g/mol. The number of hydrogen-bond donors (Lipinski definition) is 0. The molecule has 174 valence electrons. The van der Waals surface area contributed by atoms with Gasteiger partial charge in [-0.2, -0.15) is 0 Å². The molecule has 32 heavy (non-hydrogen) atoms. The van der Waals surface area contributed by atoms with Crippen molar-refractivity contribution in [3.8, 4) is 0 Å². The van der Waals surface area contributed by atoms with Gasteiger partial charge in [-0.1, -0.05) is 61.2 Å². The predicted octanol–water partition coefficient (Wildman–Crippen LogP) is 5.84. The van der Waals surface area contributed by atoms with Crippen LogP contribution in [0.4, 0.5) is 4.79 Å². The zero-order valence-corrected chi connectivity index (χ0v) is 19.3. The molecular formula is C26H34O6. The van der Waals surface area contributed by atoms with Crippen LogP contribution in [-0.2, 0) is 19.0 Å². The number of esters is 1. The number of hydrogen-bond acceptors (Lipinski definition) is 6. The van der Waals surface area contributed by atoms with Crippen LogP contribution in [0.5, 0.6) is 0 Å². The standard InChI is InChI=1S/C26H34O6/c1-6-9-16-26(17-10-7-2,23(27)22-14-12-11-13-15-22)24(28)31-20(4)19-21(5)32-25(29)30-18-8-3/h6-8,10-15,20-21H,1,3,9,16-19H2,2,4-5H3/b10-7+/t20-,21-,26?/m1/s1. The van der Waals surface area contributed by atoms with Crippen LogP contribution in [-0.4, -0.2) is 36.7 Å². The Balaban J connectivity index is 3.03. The molecule has 0 aliphatic heterocycles. The molecule has 0 radical (unpaired) electrons. The zero-order chi connectivity index (χ0) is 24.0. The van der Waals surface area contributed by atoms with E-state index in [1.165, 1.54) is 6.08 Å². The molecule has 1 aromatic carbocycles. The maximum Gasteiger partial charge on any atom is 0.508 e. The number of ketones is 1. The number of Topliss-reactive ketones (excluding diaryl/α,β-unsaturated/α-hetero) is 1. The first-order valence-electron chi connectivity index (χ1n) is 10.8. The summed E-state index contributed by atoms with van der Waals surface area (Å²) in [7, 11) is 0. The van der Waals surface area contributed by atoms with E-state index in [1.54, 1.807) is 50.3 Å². The quantitative estimate of drug-likeness (QED) is 0.156.